The molecular formula is C34H26N4S. The summed E-state index contributed by atoms with van der Waals surface area (Å²) < 4.78 is 0. The molecule has 0 radical (unpaired) electrons. The maximum absolute atomic E-state index is 6.00. The van der Waals surface area contributed by atoms with E-state index in [0.717, 1.165) is 34.1 Å². The lowest BCUT2D eigenvalue weighted by Gasteiger charge is -2.34. The first-order chi connectivity index (χ1) is 19.2. The Labute approximate surface area is 232 Å². The van der Waals surface area contributed by atoms with E-state index in [-0.39, 0.29) is 0 Å². The number of para-hydroxylation sites is 1. The second-order valence-corrected chi connectivity index (χ2v) is 10.6. The lowest BCUT2D eigenvalue weighted by atomic mass is 10.1. The Kier molecular flexibility index (Phi) is 5.64. The van der Waals surface area contributed by atoms with E-state index in [1.807, 2.05) is 60.3 Å². The van der Waals surface area contributed by atoms with Crippen molar-refractivity contribution >= 4 is 68.0 Å². The Hall–Kier alpha value is -4.87. The zero-order valence-electron chi connectivity index (χ0n) is 21.2. The fraction of sp³-hybridized carbons (Fsp3) is 0. The van der Waals surface area contributed by atoms with Crippen LogP contribution in [0.15, 0.2) is 143 Å². The van der Waals surface area contributed by atoms with Crippen molar-refractivity contribution < 1.29 is 0 Å². The highest BCUT2D eigenvalue weighted by Gasteiger charge is 2.26. The van der Waals surface area contributed by atoms with Crippen LogP contribution in [0.5, 0.6) is 0 Å². The van der Waals surface area contributed by atoms with Crippen LogP contribution in [0.1, 0.15) is 0 Å². The Morgan fingerprint density at radius 3 is 1.74 bits per heavy atom. The van der Waals surface area contributed by atoms with Crippen LogP contribution < -0.4 is 21.3 Å². The average molecular weight is 523 g/mol. The Bertz CT molecular complexity index is 1750. The largest absolute Gasteiger partial charge is 0.399 e. The fourth-order valence-electron chi connectivity index (χ4n) is 5.21. The van der Waals surface area contributed by atoms with Crippen molar-refractivity contribution in [2.45, 2.75) is 9.79 Å². The van der Waals surface area contributed by atoms with E-state index in [4.69, 9.17) is 11.5 Å². The summed E-state index contributed by atoms with van der Waals surface area (Å²) in [5.41, 5.74) is 20.1. The van der Waals surface area contributed by atoms with Crippen LogP contribution in [-0.2, 0) is 0 Å². The molecule has 0 amide bonds. The standard InChI is InChI=1S/C34H26N4S/c35-24-10-14-26(15-11-24)37(27-16-12-25(36)13-17-27)28-18-20-29(21-19-28)38-31-7-3-4-8-33(31)39-34-30-6-2-1-5-23(30)9-22-32(34)38/h1-22H,35-36H2. The lowest BCUT2D eigenvalue weighted by molar-refractivity contribution is 1.18. The van der Waals surface area contributed by atoms with Crippen LogP contribution in [-0.4, -0.2) is 0 Å². The van der Waals surface area contributed by atoms with Crippen LogP contribution in [0.2, 0.25) is 0 Å². The number of hydrogen-bond donors (Lipinski definition) is 2. The molecule has 0 atom stereocenters. The molecule has 0 aromatic heterocycles. The highest BCUT2D eigenvalue weighted by atomic mass is 32.2. The molecule has 1 aliphatic rings. The third-order valence-corrected chi connectivity index (χ3v) is 8.28. The Morgan fingerprint density at radius 1 is 0.513 bits per heavy atom. The number of rotatable bonds is 4. The van der Waals surface area contributed by atoms with Gasteiger partial charge in [0.2, 0.25) is 0 Å². The minimum atomic E-state index is 0.735. The number of fused-ring (bicyclic) bond motifs is 4. The predicted octanol–water partition coefficient (Wildman–Crippen LogP) is 9.41. The van der Waals surface area contributed by atoms with Crippen molar-refractivity contribution in [2.24, 2.45) is 0 Å². The molecule has 39 heavy (non-hydrogen) atoms. The molecule has 0 spiro atoms. The first kappa shape index (κ1) is 23.3. The number of benzene rings is 6. The van der Waals surface area contributed by atoms with Crippen LogP contribution in [0, 0.1) is 0 Å². The minimum absolute atomic E-state index is 0.735. The molecule has 188 valence electrons. The molecule has 0 saturated heterocycles. The van der Waals surface area contributed by atoms with Gasteiger partial charge < -0.3 is 21.3 Å². The molecule has 0 fully saturated rings. The zero-order chi connectivity index (χ0) is 26.3. The van der Waals surface area contributed by atoms with Gasteiger partial charge in [0.25, 0.3) is 0 Å². The van der Waals surface area contributed by atoms with Crippen molar-refractivity contribution in [2.75, 3.05) is 21.3 Å². The molecule has 4 nitrogen and oxygen atoms in total. The molecule has 7 rings (SSSR count). The second-order valence-electron chi connectivity index (χ2n) is 9.58. The summed E-state index contributed by atoms with van der Waals surface area (Å²) in [4.78, 5) is 7.11. The summed E-state index contributed by atoms with van der Waals surface area (Å²) in [6.45, 7) is 0. The van der Waals surface area contributed by atoms with Crippen molar-refractivity contribution in [1.29, 1.82) is 0 Å². The van der Waals surface area contributed by atoms with E-state index in [1.165, 1.54) is 31.9 Å². The Balaban J connectivity index is 1.35. The molecule has 0 aliphatic carbocycles. The van der Waals surface area contributed by atoms with Crippen LogP contribution in [0.3, 0.4) is 0 Å². The maximum Gasteiger partial charge on any atom is 0.0608 e. The van der Waals surface area contributed by atoms with Crippen molar-refractivity contribution in [3.8, 4) is 0 Å². The summed E-state index contributed by atoms with van der Waals surface area (Å²) in [5, 5.41) is 2.52. The smallest absolute Gasteiger partial charge is 0.0608 e. The van der Waals surface area contributed by atoms with Gasteiger partial charge in [0.1, 0.15) is 0 Å². The summed E-state index contributed by atoms with van der Waals surface area (Å²) in [6, 6.07) is 46.3. The fourth-order valence-corrected chi connectivity index (χ4v) is 6.40. The van der Waals surface area contributed by atoms with E-state index < -0.39 is 0 Å². The van der Waals surface area contributed by atoms with Gasteiger partial charge in [-0.1, -0.05) is 54.2 Å². The van der Waals surface area contributed by atoms with E-state index >= 15 is 0 Å². The molecule has 5 heteroatoms. The quantitative estimate of drug-likeness (QED) is 0.226. The summed E-state index contributed by atoms with van der Waals surface area (Å²) in [6.07, 6.45) is 0. The molecular weight excluding hydrogens is 496 g/mol. The van der Waals surface area contributed by atoms with Gasteiger partial charge >= 0.3 is 0 Å². The highest BCUT2D eigenvalue weighted by molar-refractivity contribution is 8.00. The topological polar surface area (TPSA) is 58.5 Å². The number of nitrogens with two attached hydrogens (primary N) is 2. The third-order valence-electron chi connectivity index (χ3n) is 7.09. The first-order valence-corrected chi connectivity index (χ1v) is 13.7. The van der Waals surface area contributed by atoms with Gasteiger partial charge in [-0.05, 0) is 102 Å². The molecule has 6 aromatic rings. The highest BCUT2D eigenvalue weighted by Crippen LogP contribution is 2.53. The maximum atomic E-state index is 6.00. The van der Waals surface area contributed by atoms with Crippen molar-refractivity contribution in [3.63, 3.8) is 0 Å². The molecule has 6 aromatic carbocycles. The van der Waals surface area contributed by atoms with Gasteiger partial charge in [-0.15, -0.1) is 0 Å². The Morgan fingerprint density at radius 2 is 1.08 bits per heavy atom. The van der Waals surface area contributed by atoms with Crippen LogP contribution in [0.4, 0.5) is 45.5 Å². The minimum Gasteiger partial charge on any atom is -0.399 e. The lowest BCUT2D eigenvalue weighted by Crippen LogP contribution is -2.15. The van der Waals surface area contributed by atoms with E-state index in [9.17, 15) is 0 Å². The van der Waals surface area contributed by atoms with Gasteiger partial charge in [-0.25, -0.2) is 0 Å². The molecule has 4 N–H and O–H groups in total. The van der Waals surface area contributed by atoms with Gasteiger partial charge in [0, 0.05) is 43.9 Å². The second kappa shape index (κ2) is 9.46. The molecule has 0 saturated carbocycles. The summed E-state index contributed by atoms with van der Waals surface area (Å²) >= 11 is 1.84. The number of nitrogen functional groups attached to an aromatic ring is 2. The third kappa shape index (κ3) is 4.13. The van der Waals surface area contributed by atoms with Crippen molar-refractivity contribution in [3.05, 3.63) is 133 Å². The number of hydrogen-bond acceptors (Lipinski definition) is 5. The van der Waals surface area contributed by atoms with Gasteiger partial charge in [-0.3, -0.25) is 0 Å². The summed E-state index contributed by atoms with van der Waals surface area (Å²) in [7, 11) is 0. The van der Waals surface area contributed by atoms with Gasteiger partial charge in [0.05, 0.1) is 11.4 Å². The number of anilines is 8. The van der Waals surface area contributed by atoms with Crippen LogP contribution >= 0.6 is 11.8 Å². The first-order valence-electron chi connectivity index (χ1n) is 12.9. The number of nitrogens with zero attached hydrogens (tertiary/aromatic N) is 2. The predicted molar refractivity (Wildman–Crippen MR) is 166 cm³/mol. The zero-order valence-corrected chi connectivity index (χ0v) is 22.0. The van der Waals surface area contributed by atoms with E-state index in [0.29, 0.717) is 0 Å². The van der Waals surface area contributed by atoms with Crippen molar-refractivity contribution in [1.82, 2.24) is 0 Å². The monoisotopic (exact) mass is 522 g/mol. The van der Waals surface area contributed by atoms with Gasteiger partial charge in [0.15, 0.2) is 0 Å². The average Bonchev–Trinajstić information content (AvgIpc) is 2.98. The SMILES string of the molecule is Nc1ccc(N(c2ccc(N)cc2)c2ccc(N3c4ccccc4Sc4c3ccc3ccccc43)cc2)cc1. The van der Waals surface area contributed by atoms with Crippen LogP contribution in [0.25, 0.3) is 10.8 Å². The summed E-state index contributed by atoms with van der Waals surface area (Å²) in [5.74, 6) is 0. The molecule has 0 unspecified atom stereocenters. The van der Waals surface area contributed by atoms with E-state index in [1.54, 1.807) is 0 Å². The molecule has 1 aliphatic heterocycles. The molecule has 1 heterocycles. The van der Waals surface area contributed by atoms with E-state index in [2.05, 4.69) is 94.7 Å². The molecule has 0 bridgehead atoms. The van der Waals surface area contributed by atoms with Gasteiger partial charge in [-0.2, -0.15) is 0 Å². The normalized spacial score (nSPS) is 12.2.